The topological polar surface area (TPSA) is 71.7 Å². The molecule has 20 heavy (non-hydrogen) atoms. The van der Waals surface area contributed by atoms with Crippen LogP contribution in [0.3, 0.4) is 0 Å². The number of carbonyl (C=O) groups excluding carboxylic acids is 1. The first-order valence-corrected chi connectivity index (χ1v) is 7.46. The van der Waals surface area contributed by atoms with Gasteiger partial charge in [-0.25, -0.2) is 4.79 Å². The summed E-state index contributed by atoms with van der Waals surface area (Å²) in [6.45, 7) is 2.20. The fraction of sp³-hybridized carbons (Fsp3) is 0.667. The maximum Gasteiger partial charge on any atom is 0.333 e. The summed E-state index contributed by atoms with van der Waals surface area (Å²) in [6.07, 6.45) is 9.55. The number of aromatic nitrogens is 1. The third-order valence-electron chi connectivity index (χ3n) is 3.23. The highest BCUT2D eigenvalue weighted by Crippen LogP contribution is 2.19. The zero-order valence-electron chi connectivity index (χ0n) is 12.2. The molecular formula is C15H25NO4. The van der Waals surface area contributed by atoms with Gasteiger partial charge >= 0.3 is 5.97 Å². The minimum Gasteiger partial charge on any atom is -0.492 e. The van der Waals surface area contributed by atoms with Gasteiger partial charge in [-0.2, -0.15) is 0 Å². The summed E-state index contributed by atoms with van der Waals surface area (Å²) in [6, 6.07) is 2.53. The van der Waals surface area contributed by atoms with E-state index < -0.39 is 5.97 Å². The van der Waals surface area contributed by atoms with E-state index in [1.165, 1.54) is 44.2 Å². The van der Waals surface area contributed by atoms with E-state index in [4.69, 9.17) is 4.84 Å². The van der Waals surface area contributed by atoms with E-state index in [1.807, 2.05) is 0 Å². The monoisotopic (exact) mass is 283 g/mol. The number of hydrogen-bond acceptors (Lipinski definition) is 4. The maximum atomic E-state index is 11.5. The molecule has 0 unspecified atom stereocenters. The SMILES string of the molecule is CCCCCCCCCCC(=O)On1c(O)ccc1O. The third kappa shape index (κ3) is 5.99. The Bertz CT molecular complexity index is 381. The van der Waals surface area contributed by atoms with Gasteiger partial charge in [0.1, 0.15) is 0 Å². The Morgan fingerprint density at radius 3 is 2.05 bits per heavy atom. The lowest BCUT2D eigenvalue weighted by Gasteiger charge is -2.06. The minimum atomic E-state index is -0.446. The van der Waals surface area contributed by atoms with E-state index >= 15 is 0 Å². The van der Waals surface area contributed by atoms with Gasteiger partial charge in [-0.15, -0.1) is 4.73 Å². The van der Waals surface area contributed by atoms with Gasteiger partial charge in [0.15, 0.2) is 0 Å². The first kappa shape index (κ1) is 16.4. The van der Waals surface area contributed by atoms with Crippen molar-refractivity contribution in [1.82, 2.24) is 4.73 Å². The molecule has 0 spiro atoms. The molecule has 1 aromatic heterocycles. The van der Waals surface area contributed by atoms with Crippen molar-refractivity contribution >= 4 is 5.97 Å². The number of nitrogens with zero attached hydrogens (tertiary/aromatic N) is 1. The average Bonchev–Trinajstić information content (AvgIpc) is 2.73. The number of rotatable bonds is 10. The van der Waals surface area contributed by atoms with Gasteiger partial charge in [0.2, 0.25) is 11.8 Å². The lowest BCUT2D eigenvalue weighted by atomic mass is 10.1. The molecule has 1 rings (SSSR count). The van der Waals surface area contributed by atoms with Gasteiger partial charge < -0.3 is 15.1 Å². The van der Waals surface area contributed by atoms with Gasteiger partial charge in [0, 0.05) is 18.6 Å². The first-order valence-electron chi connectivity index (χ1n) is 7.46. The molecule has 0 saturated heterocycles. The second-order valence-electron chi connectivity index (χ2n) is 5.03. The van der Waals surface area contributed by atoms with Gasteiger partial charge in [-0.1, -0.05) is 51.9 Å². The van der Waals surface area contributed by atoms with Gasteiger partial charge in [0.25, 0.3) is 0 Å². The normalized spacial score (nSPS) is 10.7. The highest BCUT2D eigenvalue weighted by atomic mass is 16.7. The molecule has 0 aromatic carbocycles. The highest BCUT2D eigenvalue weighted by molar-refractivity contribution is 5.69. The van der Waals surface area contributed by atoms with E-state index in [0.29, 0.717) is 6.42 Å². The van der Waals surface area contributed by atoms with Crippen molar-refractivity contribution in [2.45, 2.75) is 64.7 Å². The Morgan fingerprint density at radius 1 is 1.00 bits per heavy atom. The molecule has 0 amide bonds. The summed E-state index contributed by atoms with van der Waals surface area (Å²) in [5, 5.41) is 18.6. The van der Waals surface area contributed by atoms with Gasteiger partial charge in [-0.3, -0.25) is 0 Å². The number of aromatic hydroxyl groups is 2. The number of unbranched alkanes of at least 4 members (excludes halogenated alkanes) is 7. The fourth-order valence-electron chi connectivity index (χ4n) is 2.05. The summed E-state index contributed by atoms with van der Waals surface area (Å²) in [7, 11) is 0. The van der Waals surface area contributed by atoms with E-state index in [2.05, 4.69) is 6.92 Å². The number of hydrogen-bond donors (Lipinski definition) is 2. The Hall–Kier alpha value is -1.65. The van der Waals surface area contributed by atoms with Crippen molar-refractivity contribution in [3.05, 3.63) is 12.1 Å². The maximum absolute atomic E-state index is 11.5. The van der Waals surface area contributed by atoms with Gasteiger partial charge in [0.05, 0.1) is 0 Å². The molecule has 0 radical (unpaired) electrons. The van der Waals surface area contributed by atoms with Crippen LogP contribution < -0.4 is 4.84 Å². The predicted octanol–water partition coefficient (Wildman–Crippen LogP) is 3.39. The van der Waals surface area contributed by atoms with Crippen LogP contribution in [0.1, 0.15) is 64.7 Å². The van der Waals surface area contributed by atoms with Crippen molar-refractivity contribution in [2.24, 2.45) is 0 Å². The summed E-state index contributed by atoms with van der Waals surface area (Å²) in [4.78, 5) is 16.4. The minimum absolute atomic E-state index is 0.285. The zero-order valence-corrected chi connectivity index (χ0v) is 12.2. The van der Waals surface area contributed by atoms with Crippen LogP contribution in [-0.2, 0) is 4.79 Å². The van der Waals surface area contributed by atoms with Crippen LogP contribution in [0.25, 0.3) is 0 Å². The van der Waals surface area contributed by atoms with Crippen molar-refractivity contribution < 1.29 is 19.8 Å². The highest BCUT2D eigenvalue weighted by Gasteiger charge is 2.11. The molecule has 5 heteroatoms. The van der Waals surface area contributed by atoms with Gasteiger partial charge in [-0.05, 0) is 6.42 Å². The largest absolute Gasteiger partial charge is 0.492 e. The molecule has 1 heterocycles. The van der Waals surface area contributed by atoms with E-state index in [-0.39, 0.29) is 11.8 Å². The molecule has 0 fully saturated rings. The Balaban J connectivity index is 2.06. The molecule has 2 N–H and O–H groups in total. The summed E-state index contributed by atoms with van der Waals surface area (Å²) in [5.74, 6) is -1.02. The predicted molar refractivity (Wildman–Crippen MR) is 76.6 cm³/mol. The molecule has 114 valence electrons. The van der Waals surface area contributed by atoms with Crippen molar-refractivity contribution in [3.63, 3.8) is 0 Å². The van der Waals surface area contributed by atoms with E-state index in [1.54, 1.807) is 0 Å². The molecule has 0 aliphatic rings. The van der Waals surface area contributed by atoms with Crippen LogP contribution in [0, 0.1) is 0 Å². The third-order valence-corrected chi connectivity index (χ3v) is 3.23. The summed E-state index contributed by atoms with van der Waals surface area (Å²) in [5.41, 5.74) is 0. The zero-order chi connectivity index (χ0) is 14.8. The summed E-state index contributed by atoms with van der Waals surface area (Å²) >= 11 is 0. The molecular weight excluding hydrogens is 258 g/mol. The Morgan fingerprint density at radius 2 is 1.50 bits per heavy atom. The average molecular weight is 283 g/mol. The van der Waals surface area contributed by atoms with Crippen LogP contribution in [-0.4, -0.2) is 20.9 Å². The van der Waals surface area contributed by atoms with Crippen LogP contribution in [0.4, 0.5) is 0 Å². The fourth-order valence-corrected chi connectivity index (χ4v) is 2.05. The number of carbonyl (C=O) groups is 1. The molecule has 1 aromatic rings. The molecule has 0 aliphatic heterocycles. The van der Waals surface area contributed by atoms with Crippen LogP contribution in [0.2, 0.25) is 0 Å². The molecule has 0 bridgehead atoms. The molecule has 0 saturated carbocycles. The quantitative estimate of drug-likeness (QED) is 0.646. The van der Waals surface area contributed by atoms with Crippen LogP contribution in [0.5, 0.6) is 11.8 Å². The lowest BCUT2D eigenvalue weighted by molar-refractivity contribution is -0.145. The molecule has 0 atom stereocenters. The van der Waals surface area contributed by atoms with E-state index in [9.17, 15) is 15.0 Å². The summed E-state index contributed by atoms with van der Waals surface area (Å²) < 4.78 is 0.729. The second-order valence-corrected chi connectivity index (χ2v) is 5.03. The Kier molecular flexibility index (Phi) is 7.62. The van der Waals surface area contributed by atoms with E-state index in [0.717, 1.165) is 24.0 Å². The molecule has 0 aliphatic carbocycles. The van der Waals surface area contributed by atoms with Crippen molar-refractivity contribution in [3.8, 4) is 11.8 Å². The van der Waals surface area contributed by atoms with Crippen LogP contribution in [0.15, 0.2) is 12.1 Å². The van der Waals surface area contributed by atoms with Crippen molar-refractivity contribution in [2.75, 3.05) is 0 Å². The smallest absolute Gasteiger partial charge is 0.333 e. The first-order chi connectivity index (χ1) is 9.65. The lowest BCUT2D eigenvalue weighted by Crippen LogP contribution is -2.18. The Labute approximate surface area is 120 Å². The van der Waals surface area contributed by atoms with Crippen molar-refractivity contribution in [1.29, 1.82) is 0 Å². The second kappa shape index (κ2) is 9.28. The van der Waals surface area contributed by atoms with Crippen LogP contribution >= 0.6 is 0 Å². The molecule has 5 nitrogen and oxygen atoms in total. The standard InChI is InChI=1S/C15H25NO4/c1-2-3-4-5-6-7-8-9-10-15(19)20-16-13(17)11-12-14(16)18/h11-12,17-18H,2-10H2,1H3.